The van der Waals surface area contributed by atoms with Crippen molar-refractivity contribution >= 4 is 29.3 Å². The summed E-state index contributed by atoms with van der Waals surface area (Å²) in [5.74, 6) is -0.689. The average molecular weight is 438 g/mol. The number of benzene rings is 1. The monoisotopic (exact) mass is 437 g/mol. The van der Waals surface area contributed by atoms with Crippen molar-refractivity contribution < 1.29 is 18.8 Å². The number of alkyl halides is 1. The maximum Gasteiger partial charge on any atom is 0.251 e. The van der Waals surface area contributed by atoms with Crippen LogP contribution in [0.3, 0.4) is 0 Å². The SMILES string of the molecule is O=C(N[C@@H]1CCCC[C@H]1NC(=O)[C@H]1CCCN(C(=O)CCCl)C1)c1ccc(F)cc1. The largest absolute Gasteiger partial charge is 0.351 e. The molecule has 1 aliphatic carbocycles. The Balaban J connectivity index is 1.58. The Kier molecular flexibility index (Phi) is 8.08. The van der Waals surface area contributed by atoms with Crippen molar-refractivity contribution in [2.45, 2.75) is 57.0 Å². The summed E-state index contributed by atoms with van der Waals surface area (Å²) in [6.45, 7) is 1.08. The molecule has 3 atom stereocenters. The third-order valence-corrected chi connectivity index (χ3v) is 6.16. The Morgan fingerprint density at radius 3 is 2.33 bits per heavy atom. The third kappa shape index (κ3) is 5.94. The molecule has 2 aliphatic rings. The minimum Gasteiger partial charge on any atom is -0.351 e. The highest BCUT2D eigenvalue weighted by Crippen LogP contribution is 2.22. The van der Waals surface area contributed by atoms with Crippen LogP contribution >= 0.6 is 11.6 Å². The zero-order valence-electron chi connectivity index (χ0n) is 17.0. The van der Waals surface area contributed by atoms with Gasteiger partial charge in [0.15, 0.2) is 0 Å². The predicted molar refractivity (Wildman–Crippen MR) is 113 cm³/mol. The molecule has 0 aromatic heterocycles. The molecule has 30 heavy (non-hydrogen) atoms. The Hall–Kier alpha value is -2.15. The van der Waals surface area contributed by atoms with Gasteiger partial charge >= 0.3 is 0 Å². The van der Waals surface area contributed by atoms with E-state index in [1.807, 2.05) is 0 Å². The predicted octanol–water partition coefficient (Wildman–Crippen LogP) is 2.85. The van der Waals surface area contributed by atoms with Gasteiger partial charge < -0.3 is 15.5 Å². The highest BCUT2D eigenvalue weighted by molar-refractivity contribution is 6.18. The molecule has 1 aliphatic heterocycles. The van der Waals surface area contributed by atoms with E-state index in [4.69, 9.17) is 11.6 Å². The molecular formula is C22H29ClFN3O3. The van der Waals surface area contributed by atoms with Crippen molar-refractivity contribution in [3.63, 3.8) is 0 Å². The first-order valence-electron chi connectivity index (χ1n) is 10.7. The van der Waals surface area contributed by atoms with E-state index >= 15 is 0 Å². The van der Waals surface area contributed by atoms with Crippen LogP contribution in [0, 0.1) is 11.7 Å². The molecule has 0 bridgehead atoms. The fraction of sp³-hybridized carbons (Fsp3) is 0.591. The lowest BCUT2D eigenvalue weighted by Crippen LogP contribution is -2.55. The molecule has 2 N–H and O–H groups in total. The number of rotatable bonds is 6. The van der Waals surface area contributed by atoms with Gasteiger partial charge in [0.1, 0.15) is 5.82 Å². The summed E-state index contributed by atoms with van der Waals surface area (Å²) in [4.78, 5) is 39.3. The molecule has 0 spiro atoms. The highest BCUT2D eigenvalue weighted by atomic mass is 35.5. The Labute approximate surface area is 181 Å². The molecule has 1 aromatic carbocycles. The maximum atomic E-state index is 13.1. The zero-order chi connectivity index (χ0) is 21.5. The lowest BCUT2D eigenvalue weighted by atomic mass is 9.88. The zero-order valence-corrected chi connectivity index (χ0v) is 17.8. The summed E-state index contributed by atoms with van der Waals surface area (Å²) >= 11 is 5.67. The van der Waals surface area contributed by atoms with Crippen LogP contribution in [0.4, 0.5) is 4.39 Å². The Bertz CT molecular complexity index is 758. The standard InChI is InChI=1S/C22H29ClFN3O3/c23-12-11-20(28)27-13-3-4-16(14-27)22(30)26-19-6-2-1-5-18(19)25-21(29)15-7-9-17(24)10-8-15/h7-10,16,18-19H,1-6,11-14H2,(H,25,29)(H,26,30)/t16-,18+,19+/m0/s1. The van der Waals surface area contributed by atoms with Gasteiger partial charge in [-0.1, -0.05) is 12.8 Å². The van der Waals surface area contributed by atoms with Gasteiger partial charge in [-0.05, 0) is 49.9 Å². The number of piperidine rings is 1. The number of likely N-dealkylation sites (tertiary alicyclic amines) is 1. The van der Waals surface area contributed by atoms with E-state index < -0.39 is 0 Å². The van der Waals surface area contributed by atoms with Crippen molar-refractivity contribution in [3.8, 4) is 0 Å². The fourth-order valence-corrected chi connectivity index (χ4v) is 4.45. The average Bonchev–Trinajstić information content (AvgIpc) is 2.75. The van der Waals surface area contributed by atoms with Crippen molar-refractivity contribution in [1.82, 2.24) is 15.5 Å². The summed E-state index contributed by atoms with van der Waals surface area (Å²) in [6, 6.07) is 5.11. The molecule has 1 saturated heterocycles. The van der Waals surface area contributed by atoms with Gasteiger partial charge in [-0.15, -0.1) is 11.6 Å². The van der Waals surface area contributed by atoms with E-state index in [0.717, 1.165) is 38.5 Å². The molecule has 1 saturated carbocycles. The summed E-state index contributed by atoms with van der Waals surface area (Å²) in [6.07, 6.45) is 5.36. The molecule has 3 amide bonds. The van der Waals surface area contributed by atoms with Gasteiger partial charge in [-0.25, -0.2) is 4.39 Å². The molecule has 0 radical (unpaired) electrons. The van der Waals surface area contributed by atoms with Gasteiger partial charge in [0.05, 0.1) is 5.92 Å². The maximum absolute atomic E-state index is 13.1. The molecule has 164 valence electrons. The molecule has 3 rings (SSSR count). The van der Waals surface area contributed by atoms with E-state index in [-0.39, 0.29) is 53.8 Å². The van der Waals surface area contributed by atoms with E-state index in [9.17, 15) is 18.8 Å². The Morgan fingerprint density at radius 1 is 1.00 bits per heavy atom. The minimum atomic E-state index is -0.389. The van der Waals surface area contributed by atoms with E-state index in [0.29, 0.717) is 18.7 Å². The van der Waals surface area contributed by atoms with Crippen LogP contribution in [0.5, 0.6) is 0 Å². The fourth-order valence-electron chi connectivity index (χ4n) is 4.29. The van der Waals surface area contributed by atoms with Crippen molar-refractivity contribution in [2.24, 2.45) is 5.92 Å². The minimum absolute atomic E-state index is 0.00963. The second-order valence-electron chi connectivity index (χ2n) is 8.10. The highest BCUT2D eigenvalue weighted by Gasteiger charge is 2.33. The number of carbonyl (C=O) groups excluding carboxylic acids is 3. The number of hydrogen-bond donors (Lipinski definition) is 2. The van der Waals surface area contributed by atoms with Gasteiger partial charge in [-0.3, -0.25) is 14.4 Å². The molecular weight excluding hydrogens is 409 g/mol. The summed E-state index contributed by atoms with van der Waals surface area (Å²) < 4.78 is 13.1. The van der Waals surface area contributed by atoms with Gasteiger partial charge in [0, 0.05) is 43.0 Å². The quantitative estimate of drug-likeness (QED) is 0.672. The number of nitrogens with one attached hydrogen (secondary N) is 2. The van der Waals surface area contributed by atoms with E-state index in [1.54, 1.807) is 4.90 Å². The molecule has 1 heterocycles. The number of nitrogens with zero attached hydrogens (tertiary/aromatic N) is 1. The van der Waals surface area contributed by atoms with Crippen LogP contribution in [0.1, 0.15) is 55.3 Å². The van der Waals surface area contributed by atoms with E-state index in [1.165, 1.54) is 24.3 Å². The molecule has 2 fully saturated rings. The van der Waals surface area contributed by atoms with Crippen molar-refractivity contribution in [2.75, 3.05) is 19.0 Å². The number of amides is 3. The molecule has 0 unspecified atom stereocenters. The van der Waals surface area contributed by atoms with Crippen LogP contribution in [0.25, 0.3) is 0 Å². The second kappa shape index (κ2) is 10.8. The van der Waals surface area contributed by atoms with Crippen LogP contribution in [-0.2, 0) is 9.59 Å². The molecule has 1 aromatic rings. The van der Waals surface area contributed by atoms with Crippen molar-refractivity contribution in [1.29, 1.82) is 0 Å². The van der Waals surface area contributed by atoms with Crippen LogP contribution in [0.15, 0.2) is 24.3 Å². The normalized spacial score (nSPS) is 24.2. The summed E-state index contributed by atoms with van der Waals surface area (Å²) in [7, 11) is 0. The Morgan fingerprint density at radius 2 is 1.67 bits per heavy atom. The first kappa shape index (κ1) is 22.5. The second-order valence-corrected chi connectivity index (χ2v) is 8.48. The number of carbonyl (C=O) groups is 3. The lowest BCUT2D eigenvalue weighted by molar-refractivity contribution is -0.135. The van der Waals surface area contributed by atoms with Crippen LogP contribution in [-0.4, -0.2) is 53.7 Å². The van der Waals surface area contributed by atoms with Crippen LogP contribution < -0.4 is 10.6 Å². The summed E-state index contributed by atoms with van der Waals surface area (Å²) in [5.41, 5.74) is 0.396. The lowest BCUT2D eigenvalue weighted by Gasteiger charge is -2.36. The van der Waals surface area contributed by atoms with Gasteiger partial charge in [0.2, 0.25) is 11.8 Å². The number of hydrogen-bond acceptors (Lipinski definition) is 3. The van der Waals surface area contributed by atoms with Crippen molar-refractivity contribution in [3.05, 3.63) is 35.6 Å². The smallest absolute Gasteiger partial charge is 0.251 e. The molecule has 8 heteroatoms. The third-order valence-electron chi connectivity index (χ3n) is 5.97. The van der Waals surface area contributed by atoms with Gasteiger partial charge in [0.25, 0.3) is 5.91 Å². The molecule has 6 nitrogen and oxygen atoms in total. The van der Waals surface area contributed by atoms with Gasteiger partial charge in [-0.2, -0.15) is 0 Å². The first-order valence-corrected chi connectivity index (χ1v) is 11.2. The first-order chi connectivity index (χ1) is 14.5. The van der Waals surface area contributed by atoms with E-state index in [2.05, 4.69) is 10.6 Å². The summed E-state index contributed by atoms with van der Waals surface area (Å²) in [5, 5.41) is 6.12. The number of halogens is 2. The topological polar surface area (TPSA) is 78.5 Å². The van der Waals surface area contributed by atoms with Crippen LogP contribution in [0.2, 0.25) is 0 Å².